The summed E-state index contributed by atoms with van der Waals surface area (Å²) in [4.78, 5) is 30.7. The predicted octanol–water partition coefficient (Wildman–Crippen LogP) is 5.26. The lowest BCUT2D eigenvalue weighted by atomic mass is 9.88. The molecule has 10 nitrogen and oxygen atoms in total. The van der Waals surface area contributed by atoms with Crippen LogP contribution in [0.3, 0.4) is 0 Å². The summed E-state index contributed by atoms with van der Waals surface area (Å²) in [5.41, 5.74) is 1.48. The average molecular weight is 692 g/mol. The number of piperidine rings is 1. The third-order valence-corrected chi connectivity index (χ3v) is 8.69. The highest BCUT2D eigenvalue weighted by molar-refractivity contribution is 9.10. The molecule has 2 aliphatic rings. The molecule has 0 spiro atoms. The second-order valence-electron chi connectivity index (χ2n) is 12.7. The van der Waals surface area contributed by atoms with E-state index in [1.807, 2.05) is 0 Å². The van der Waals surface area contributed by atoms with E-state index >= 15 is 0 Å². The molecule has 2 atom stereocenters. The number of nitrogens with zero attached hydrogens (tertiary/aromatic N) is 5. The number of hydrogen-bond acceptors (Lipinski definition) is 7. The zero-order valence-electron chi connectivity index (χ0n) is 25.4. The molecule has 1 aromatic heterocycles. The van der Waals surface area contributed by atoms with Crippen molar-refractivity contribution in [1.29, 1.82) is 0 Å². The smallest absolute Gasteiger partial charge is 0.410 e. The van der Waals surface area contributed by atoms with Crippen molar-refractivity contribution in [2.24, 2.45) is 0 Å². The number of anilines is 1. The normalized spacial score (nSPS) is 18.9. The van der Waals surface area contributed by atoms with Crippen LogP contribution in [0.25, 0.3) is 0 Å². The van der Waals surface area contributed by atoms with Gasteiger partial charge in [-0.1, -0.05) is 38.8 Å². The van der Waals surface area contributed by atoms with E-state index in [1.54, 1.807) is 20.8 Å². The molecule has 2 amide bonds. The highest BCUT2D eigenvalue weighted by Crippen LogP contribution is 2.34. The van der Waals surface area contributed by atoms with Crippen molar-refractivity contribution in [2.45, 2.75) is 70.7 Å². The van der Waals surface area contributed by atoms with E-state index in [0.717, 1.165) is 46.7 Å². The zero-order chi connectivity index (χ0) is 32.0. The quantitative estimate of drug-likeness (QED) is 0.363. The maximum atomic E-state index is 14.6. The van der Waals surface area contributed by atoms with Gasteiger partial charge in [-0.15, -0.1) is 5.10 Å². The molecule has 0 aliphatic carbocycles. The lowest BCUT2D eigenvalue weighted by Gasteiger charge is -2.48. The molecule has 2 fully saturated rings. The van der Waals surface area contributed by atoms with E-state index in [-0.39, 0.29) is 41.3 Å². The minimum absolute atomic E-state index is 0.0106. The van der Waals surface area contributed by atoms with Crippen LogP contribution in [-0.2, 0) is 15.1 Å². The van der Waals surface area contributed by atoms with E-state index < -0.39 is 29.2 Å². The summed E-state index contributed by atoms with van der Waals surface area (Å²) in [6.45, 7) is 11.0. The van der Waals surface area contributed by atoms with Gasteiger partial charge in [-0.3, -0.25) is 4.79 Å². The van der Waals surface area contributed by atoms with Crippen LogP contribution >= 0.6 is 27.5 Å². The van der Waals surface area contributed by atoms with Gasteiger partial charge in [0.1, 0.15) is 23.2 Å². The minimum atomic E-state index is -1.44. The van der Waals surface area contributed by atoms with Gasteiger partial charge in [0.15, 0.2) is 5.54 Å². The number of ether oxygens (including phenoxy) is 1. The standard InChI is InChI=1S/C31H37BrClFN6O4/c1-18-11-20(32)12-19(2)26(18)38-10-6-7-22(14-38)35-28(42)31(16-39(17-31)29(43)44-30(3,4)5)40-15-25(36-37-40)27(41)23-9-8-21(33)13-24(23)34/h8-9,11-13,15,22,27,41H,6-7,10,14,16-17H2,1-5H3,(H,35,42). The number of carbonyl (C=O) groups is 2. The third kappa shape index (κ3) is 6.57. The van der Waals surface area contributed by atoms with Crippen molar-refractivity contribution in [3.8, 4) is 0 Å². The van der Waals surface area contributed by atoms with E-state index in [9.17, 15) is 19.1 Å². The first-order valence-electron chi connectivity index (χ1n) is 14.5. The maximum absolute atomic E-state index is 14.6. The largest absolute Gasteiger partial charge is 0.444 e. The number of hydrogen-bond donors (Lipinski definition) is 2. The second-order valence-corrected chi connectivity index (χ2v) is 14.0. The molecule has 2 saturated heterocycles. The number of amides is 2. The first kappa shape index (κ1) is 32.2. The number of halogens is 3. The van der Waals surface area contributed by atoms with E-state index in [0.29, 0.717) is 6.54 Å². The van der Waals surface area contributed by atoms with Gasteiger partial charge in [0.05, 0.1) is 19.3 Å². The number of aromatic nitrogens is 3. The lowest BCUT2D eigenvalue weighted by Crippen LogP contribution is -2.71. The average Bonchev–Trinajstić information content (AvgIpc) is 3.37. The van der Waals surface area contributed by atoms with E-state index in [2.05, 4.69) is 62.4 Å². The summed E-state index contributed by atoms with van der Waals surface area (Å²) in [7, 11) is 0. The molecule has 0 radical (unpaired) electrons. The molecule has 3 heterocycles. The third-order valence-electron chi connectivity index (χ3n) is 7.99. The number of nitrogens with one attached hydrogen (secondary N) is 1. The highest BCUT2D eigenvalue weighted by atomic mass is 79.9. The van der Waals surface area contributed by atoms with Crippen molar-refractivity contribution < 1.29 is 23.8 Å². The zero-order valence-corrected chi connectivity index (χ0v) is 27.7. The van der Waals surface area contributed by atoms with Crippen LogP contribution in [0.15, 0.2) is 41.0 Å². The van der Waals surface area contributed by atoms with Gasteiger partial charge in [0.25, 0.3) is 5.91 Å². The van der Waals surface area contributed by atoms with E-state index in [1.165, 1.54) is 27.9 Å². The van der Waals surface area contributed by atoms with Crippen LogP contribution < -0.4 is 10.2 Å². The fourth-order valence-electron chi connectivity index (χ4n) is 5.95. The first-order chi connectivity index (χ1) is 20.7. The second kappa shape index (κ2) is 12.3. The van der Waals surface area contributed by atoms with Gasteiger partial charge in [-0.2, -0.15) is 0 Å². The van der Waals surface area contributed by atoms with Crippen LogP contribution in [0.1, 0.15) is 62.1 Å². The summed E-state index contributed by atoms with van der Waals surface area (Å²) in [5.74, 6) is -1.01. The molecule has 2 unspecified atom stereocenters. The number of aliphatic hydroxyl groups is 1. The molecule has 2 aromatic carbocycles. The number of benzene rings is 2. The number of rotatable bonds is 6. The SMILES string of the molecule is Cc1cc(Br)cc(C)c1N1CCCC(NC(=O)C2(n3cc(C(O)c4ccc(Cl)cc4F)nn3)CN(C(=O)OC(C)(C)C)C2)C1. The van der Waals surface area contributed by atoms with Crippen LogP contribution in [0.5, 0.6) is 0 Å². The maximum Gasteiger partial charge on any atom is 0.410 e. The topological polar surface area (TPSA) is 113 Å². The van der Waals surface area contributed by atoms with Crippen molar-refractivity contribution in [3.05, 3.63) is 74.2 Å². The summed E-state index contributed by atoms with van der Waals surface area (Å²) in [5, 5.41) is 22.6. The number of aryl methyl sites for hydroxylation is 2. The summed E-state index contributed by atoms with van der Waals surface area (Å²) >= 11 is 9.44. The van der Waals surface area contributed by atoms with Gasteiger partial charge < -0.3 is 25.0 Å². The Labute approximate surface area is 269 Å². The lowest BCUT2D eigenvalue weighted by molar-refractivity contribution is -0.140. The molecule has 0 saturated carbocycles. The Hall–Kier alpha value is -3.22. The Morgan fingerprint density at radius 2 is 1.89 bits per heavy atom. The molecular formula is C31H37BrClFN6O4. The summed E-state index contributed by atoms with van der Waals surface area (Å²) in [6, 6.07) is 7.98. The molecule has 0 bridgehead atoms. The van der Waals surface area contributed by atoms with Crippen LogP contribution in [0, 0.1) is 19.7 Å². The van der Waals surface area contributed by atoms with Gasteiger partial charge in [-0.25, -0.2) is 13.9 Å². The number of likely N-dealkylation sites (tertiary alicyclic amines) is 1. The summed E-state index contributed by atoms with van der Waals surface area (Å²) < 4.78 is 22.5. The molecule has 2 aliphatic heterocycles. The van der Waals surface area contributed by atoms with Crippen LogP contribution in [0.4, 0.5) is 14.9 Å². The molecule has 5 rings (SSSR count). The fraction of sp³-hybridized carbons (Fsp3) is 0.484. The minimum Gasteiger partial charge on any atom is -0.444 e. The first-order valence-corrected chi connectivity index (χ1v) is 15.7. The van der Waals surface area contributed by atoms with E-state index in [4.69, 9.17) is 16.3 Å². The van der Waals surface area contributed by atoms with Crippen molar-refractivity contribution in [3.63, 3.8) is 0 Å². The molecule has 13 heteroatoms. The Morgan fingerprint density at radius 1 is 1.20 bits per heavy atom. The van der Waals surface area contributed by atoms with Crippen molar-refractivity contribution in [2.75, 3.05) is 31.1 Å². The summed E-state index contributed by atoms with van der Waals surface area (Å²) in [6.07, 6.45) is 1.12. The fourth-order valence-corrected chi connectivity index (χ4v) is 6.79. The number of aliphatic hydroxyl groups excluding tert-OH is 1. The van der Waals surface area contributed by atoms with Crippen LogP contribution in [-0.4, -0.2) is 74.8 Å². The van der Waals surface area contributed by atoms with Crippen molar-refractivity contribution >= 4 is 45.2 Å². The number of carbonyl (C=O) groups excluding carboxylic acids is 2. The molecule has 44 heavy (non-hydrogen) atoms. The Morgan fingerprint density at radius 3 is 2.52 bits per heavy atom. The van der Waals surface area contributed by atoms with Gasteiger partial charge in [0.2, 0.25) is 0 Å². The molecular weight excluding hydrogens is 655 g/mol. The Kier molecular flexibility index (Phi) is 8.99. The highest BCUT2D eigenvalue weighted by Gasteiger charge is 2.55. The molecule has 236 valence electrons. The van der Waals surface area contributed by atoms with Crippen LogP contribution in [0.2, 0.25) is 5.02 Å². The monoisotopic (exact) mass is 690 g/mol. The molecule has 3 aromatic rings. The van der Waals surface area contributed by atoms with Gasteiger partial charge >= 0.3 is 6.09 Å². The van der Waals surface area contributed by atoms with Gasteiger partial charge in [-0.05, 0) is 82.9 Å². The predicted molar refractivity (Wildman–Crippen MR) is 168 cm³/mol. The Balaban J connectivity index is 1.39. The molecule has 2 N–H and O–H groups in total. The Bertz CT molecular complexity index is 1550. The van der Waals surface area contributed by atoms with Crippen molar-refractivity contribution in [1.82, 2.24) is 25.2 Å². The van der Waals surface area contributed by atoms with Gasteiger partial charge in [0, 0.05) is 39.9 Å².